The molecule has 4 aliphatic heterocycles. The third-order valence-corrected chi connectivity index (χ3v) is 14.1. The summed E-state index contributed by atoms with van der Waals surface area (Å²) in [6.07, 6.45) is -20.3. The van der Waals surface area contributed by atoms with E-state index in [1.165, 1.54) is 14.0 Å². The summed E-state index contributed by atoms with van der Waals surface area (Å²) in [5.41, 5.74) is -3.76. The molecule has 4 atom stereocenters. The lowest BCUT2D eigenvalue weighted by atomic mass is 9.84. The van der Waals surface area contributed by atoms with Crippen LogP contribution in [0.4, 0.5) is 52.7 Å². The van der Waals surface area contributed by atoms with Crippen LogP contribution < -0.4 is 0 Å². The average molecular weight is 1050 g/mol. The van der Waals surface area contributed by atoms with Gasteiger partial charge in [-0.3, -0.25) is 29.3 Å². The molecule has 0 aliphatic carbocycles. The lowest BCUT2D eigenvalue weighted by molar-refractivity contribution is -0.144. The highest BCUT2D eigenvalue weighted by Crippen LogP contribution is 2.47. The Morgan fingerprint density at radius 1 is 0.689 bits per heavy atom. The van der Waals surface area contributed by atoms with Gasteiger partial charge in [-0.25, -0.2) is 4.98 Å². The van der Waals surface area contributed by atoms with Crippen molar-refractivity contribution in [3.05, 3.63) is 139 Å². The quantitative estimate of drug-likeness (QED) is 0.0742. The summed E-state index contributed by atoms with van der Waals surface area (Å²) in [7, 11) is 1.17. The molecular formula is C52H46F12N6O4. The third kappa shape index (κ3) is 10.0. The molecule has 2 N–H and O–H groups in total. The normalized spacial score (nSPS) is 19.1. The van der Waals surface area contributed by atoms with Gasteiger partial charge in [0.05, 0.1) is 76.2 Å². The second-order valence-electron chi connectivity index (χ2n) is 18.8. The summed E-state index contributed by atoms with van der Waals surface area (Å²) in [6.45, 7) is 8.79. The largest absolute Gasteiger partial charge is 0.469 e. The minimum absolute atomic E-state index is 0.00336. The van der Waals surface area contributed by atoms with Crippen molar-refractivity contribution in [2.45, 2.75) is 122 Å². The van der Waals surface area contributed by atoms with Crippen molar-refractivity contribution in [1.29, 1.82) is 0 Å². The first-order valence-corrected chi connectivity index (χ1v) is 23.2. The highest BCUT2D eigenvalue weighted by atomic mass is 19.4. The summed E-state index contributed by atoms with van der Waals surface area (Å²) in [6, 6.07) is 7.11. The number of nitrogens with one attached hydrogen (secondary N) is 2. The van der Waals surface area contributed by atoms with Gasteiger partial charge in [0.15, 0.2) is 0 Å². The number of nitrogens with zero attached hydrogens (tertiary/aromatic N) is 4. The number of benzene rings is 2. The maximum atomic E-state index is 15.1. The zero-order valence-corrected chi connectivity index (χ0v) is 40.5. The fraction of sp³-hybridized carbons (Fsp3) is 0.385. The maximum Gasteiger partial charge on any atom is 0.416 e. The average Bonchev–Trinajstić information content (AvgIpc) is 4.00. The number of imide groups is 1. The number of aromatic nitrogens is 4. The molecular weight excluding hydrogens is 1000 g/mol. The van der Waals surface area contributed by atoms with Crippen molar-refractivity contribution >= 4 is 45.7 Å². The highest BCUT2D eigenvalue weighted by molar-refractivity contribution is 6.29. The first-order chi connectivity index (χ1) is 34.4. The summed E-state index contributed by atoms with van der Waals surface area (Å²) < 4.78 is 172. The van der Waals surface area contributed by atoms with Crippen LogP contribution in [0.15, 0.2) is 59.6 Å². The molecule has 0 spiro atoms. The Hall–Kier alpha value is -7.00. The molecule has 0 saturated carbocycles. The van der Waals surface area contributed by atoms with Crippen molar-refractivity contribution < 1.29 is 71.8 Å². The van der Waals surface area contributed by atoms with Crippen molar-refractivity contribution in [2.24, 2.45) is 4.99 Å². The van der Waals surface area contributed by atoms with E-state index in [1.54, 1.807) is 39.0 Å². The Bertz CT molecular complexity index is 3200. The van der Waals surface area contributed by atoms with Crippen LogP contribution in [-0.2, 0) is 47.3 Å². The Morgan fingerprint density at radius 3 is 1.78 bits per heavy atom. The monoisotopic (exact) mass is 1050 g/mol. The van der Waals surface area contributed by atoms with Crippen molar-refractivity contribution in [1.82, 2.24) is 24.8 Å². The number of allylic oxidation sites excluding steroid dienone is 2. The van der Waals surface area contributed by atoms with Crippen LogP contribution in [0.1, 0.15) is 171 Å². The zero-order chi connectivity index (χ0) is 54.3. The first kappa shape index (κ1) is 53.3. The predicted molar refractivity (Wildman–Crippen MR) is 247 cm³/mol. The number of H-pyrrole nitrogens is 2. The number of aryl methyl sites for hydroxylation is 1. The smallest absolute Gasteiger partial charge is 0.416 e. The van der Waals surface area contributed by atoms with E-state index in [0.29, 0.717) is 75.0 Å². The Morgan fingerprint density at radius 2 is 1.24 bits per heavy atom. The van der Waals surface area contributed by atoms with Gasteiger partial charge in [0, 0.05) is 64.0 Å². The molecule has 74 heavy (non-hydrogen) atoms. The minimum atomic E-state index is -5.24. The Labute approximate surface area is 414 Å². The standard InChI is InChI=1S/C52H46F12N6O4/c1-8-33-22(2)35-19-40-42(26(6)65-20-27-11-29(49(53,54)55)15-30(12-27)50(56,57)58)24(4)37(67-40)17-36-23(3)34(9-10-41(71)74-7)45(68-36)44-46-43(25(5)38(69-46)18-39(33)66-35)47(72)70(48(44)73)21-28-13-31(51(59,60)61)16-32(14-28)52(62,63)64/h11-19,22-23,33-34,66,69H,8-10,20-21H2,1-7H3/t22?,23-,33?,34-/m0/s1. The van der Waals surface area contributed by atoms with Crippen molar-refractivity contribution in [2.75, 3.05) is 7.11 Å². The maximum absolute atomic E-state index is 15.1. The SMILES string of the molecule is CCC1c2cc3[nH]c4c(c5nc(cc6nc(cc([nH]2)C1C)C(C(C)=NCc1cc(C(F)(F)F)cc(C(F)(F)F)c1)=C6C)[C@@H](C)[C@@H]5CCC(=O)OC)C(=O)N(Cc1cc(C(F)(F)F)cc(C(F)(F)F)c1)C(=O)c4c3C. The number of esters is 1. The fourth-order valence-corrected chi connectivity index (χ4v) is 10.2. The van der Waals surface area contributed by atoms with E-state index in [1.807, 2.05) is 13.8 Å². The molecule has 2 aromatic carbocycles. The van der Waals surface area contributed by atoms with Crippen LogP contribution in [-0.4, -0.2) is 55.4 Å². The molecule has 8 rings (SSSR count). The van der Waals surface area contributed by atoms with E-state index in [4.69, 9.17) is 14.7 Å². The van der Waals surface area contributed by atoms with Crippen LogP contribution in [0.2, 0.25) is 0 Å². The number of aliphatic imine (C=N–C) groups is 1. The minimum Gasteiger partial charge on any atom is -0.469 e. The number of alkyl halides is 12. The van der Waals surface area contributed by atoms with E-state index in [9.17, 15) is 62.3 Å². The second-order valence-corrected chi connectivity index (χ2v) is 18.8. The summed E-state index contributed by atoms with van der Waals surface area (Å²) >= 11 is 0. The number of hydrogen-bond acceptors (Lipinski definition) is 7. The Kier molecular flexibility index (Phi) is 13.7. The number of halogens is 12. The molecule has 0 fully saturated rings. The number of carbonyl (C=O) groups is 3. The van der Waals surface area contributed by atoms with Crippen LogP contribution in [0.25, 0.3) is 22.2 Å². The molecule has 4 aliphatic rings. The van der Waals surface area contributed by atoms with E-state index >= 15 is 4.79 Å². The van der Waals surface area contributed by atoms with E-state index < -0.39 is 95.2 Å². The molecule has 6 heterocycles. The van der Waals surface area contributed by atoms with Gasteiger partial charge in [-0.1, -0.05) is 20.8 Å². The molecule has 8 bridgehead atoms. The molecule has 0 saturated heterocycles. The number of carbonyl (C=O) groups excluding carboxylic acids is 3. The predicted octanol–water partition coefficient (Wildman–Crippen LogP) is 13.9. The third-order valence-electron chi connectivity index (χ3n) is 14.1. The van der Waals surface area contributed by atoms with Gasteiger partial charge < -0.3 is 14.7 Å². The van der Waals surface area contributed by atoms with E-state index in [2.05, 4.69) is 15.0 Å². The summed E-state index contributed by atoms with van der Waals surface area (Å²) in [4.78, 5) is 64.1. The van der Waals surface area contributed by atoms with E-state index in [-0.39, 0.29) is 81.7 Å². The van der Waals surface area contributed by atoms with Crippen LogP contribution in [0.5, 0.6) is 0 Å². The van der Waals surface area contributed by atoms with Crippen molar-refractivity contribution in [3.8, 4) is 0 Å². The lowest BCUT2D eigenvalue weighted by Gasteiger charge is -2.27. The molecule has 392 valence electrons. The number of fused-ring (bicyclic) bond motifs is 8. The topological polar surface area (TPSA) is 133 Å². The van der Waals surface area contributed by atoms with Gasteiger partial charge in [-0.15, -0.1) is 0 Å². The number of hydrogen-bond donors (Lipinski definition) is 2. The molecule has 0 radical (unpaired) electrons. The molecule has 2 unspecified atom stereocenters. The van der Waals surface area contributed by atoms with E-state index in [0.717, 1.165) is 0 Å². The fourth-order valence-electron chi connectivity index (χ4n) is 10.2. The second kappa shape index (κ2) is 19.0. The summed E-state index contributed by atoms with van der Waals surface area (Å²) in [5, 5.41) is 0. The summed E-state index contributed by atoms with van der Waals surface area (Å²) in [5.74, 6) is -4.67. The van der Waals surface area contributed by atoms with Gasteiger partial charge >= 0.3 is 30.7 Å². The molecule has 4 aromatic rings. The Balaban J connectivity index is 1.39. The number of ether oxygens (including phenoxy) is 1. The number of rotatable bonds is 9. The van der Waals surface area contributed by atoms with Gasteiger partial charge in [-0.05, 0) is 110 Å². The van der Waals surface area contributed by atoms with Gasteiger partial charge in [0.25, 0.3) is 11.8 Å². The number of aromatic amines is 2. The van der Waals surface area contributed by atoms with Gasteiger partial charge in [0.2, 0.25) is 0 Å². The van der Waals surface area contributed by atoms with Crippen LogP contribution >= 0.6 is 0 Å². The zero-order valence-electron chi connectivity index (χ0n) is 40.5. The molecule has 22 heteroatoms. The van der Waals surface area contributed by atoms with Crippen LogP contribution in [0.3, 0.4) is 0 Å². The van der Waals surface area contributed by atoms with Crippen LogP contribution in [0, 0.1) is 6.92 Å². The lowest BCUT2D eigenvalue weighted by Crippen LogP contribution is -2.40. The molecule has 2 amide bonds. The first-order valence-electron chi connectivity index (χ1n) is 23.2. The van der Waals surface area contributed by atoms with Gasteiger partial charge in [-0.2, -0.15) is 52.7 Å². The molecule has 10 nitrogen and oxygen atoms in total. The number of methoxy groups -OCH3 is 1. The van der Waals surface area contributed by atoms with Crippen molar-refractivity contribution in [3.63, 3.8) is 0 Å². The molecule has 2 aromatic heterocycles. The highest BCUT2D eigenvalue weighted by Gasteiger charge is 2.43. The van der Waals surface area contributed by atoms with Gasteiger partial charge in [0.1, 0.15) is 0 Å². The number of amides is 2.